The summed E-state index contributed by atoms with van der Waals surface area (Å²) in [5.41, 5.74) is 4.43. The molecular weight excluding hydrogens is 436 g/mol. The number of fused-ring (bicyclic) bond motifs is 3. The van der Waals surface area contributed by atoms with Crippen LogP contribution in [0, 0.1) is 5.92 Å². The second-order valence-corrected chi connectivity index (χ2v) is 8.73. The molecule has 2 unspecified atom stereocenters. The third-order valence-electron chi connectivity index (χ3n) is 6.02. The summed E-state index contributed by atoms with van der Waals surface area (Å²) in [4.78, 5) is 36.9. The number of carboxylic acid groups (broad SMARTS) is 1. The van der Waals surface area contributed by atoms with Gasteiger partial charge in [-0.1, -0.05) is 62.4 Å². The number of aliphatic carboxylic acids is 1. The second kappa shape index (κ2) is 11.7. The van der Waals surface area contributed by atoms with E-state index in [0.717, 1.165) is 22.3 Å². The van der Waals surface area contributed by atoms with Crippen LogP contribution in [0.2, 0.25) is 0 Å². The van der Waals surface area contributed by atoms with E-state index in [1.165, 1.54) is 7.11 Å². The summed E-state index contributed by atoms with van der Waals surface area (Å²) in [7, 11) is 1.53. The molecule has 182 valence electrons. The molecule has 2 aromatic carbocycles. The molecule has 0 aliphatic heterocycles. The summed E-state index contributed by atoms with van der Waals surface area (Å²) >= 11 is 0. The maximum absolute atomic E-state index is 12.8. The molecule has 0 bridgehead atoms. The van der Waals surface area contributed by atoms with Crippen LogP contribution >= 0.6 is 0 Å². The number of benzene rings is 2. The lowest BCUT2D eigenvalue weighted by Gasteiger charge is -2.24. The Hall–Kier alpha value is -3.39. The van der Waals surface area contributed by atoms with Gasteiger partial charge in [0.25, 0.3) is 0 Å². The van der Waals surface area contributed by atoms with E-state index in [9.17, 15) is 19.5 Å². The summed E-state index contributed by atoms with van der Waals surface area (Å²) in [5.74, 6) is -2.06. The first-order chi connectivity index (χ1) is 16.3. The van der Waals surface area contributed by atoms with Crippen LogP contribution in [0.15, 0.2) is 48.5 Å². The van der Waals surface area contributed by atoms with Gasteiger partial charge < -0.3 is 25.2 Å². The Morgan fingerprint density at radius 2 is 1.56 bits per heavy atom. The summed E-state index contributed by atoms with van der Waals surface area (Å²) in [5, 5.41) is 14.6. The third kappa shape index (κ3) is 5.94. The fraction of sp³-hybridized carbons (Fsp3) is 0.423. The van der Waals surface area contributed by atoms with Crippen LogP contribution in [-0.4, -0.2) is 55.5 Å². The Kier molecular flexibility index (Phi) is 8.65. The zero-order chi connectivity index (χ0) is 24.7. The number of alkyl carbamates (subject to hydrolysis) is 1. The molecule has 0 spiro atoms. The Morgan fingerprint density at radius 3 is 2.09 bits per heavy atom. The van der Waals surface area contributed by atoms with Crippen molar-refractivity contribution in [3.8, 4) is 11.1 Å². The zero-order valence-corrected chi connectivity index (χ0v) is 19.7. The highest BCUT2D eigenvalue weighted by molar-refractivity contribution is 5.89. The molecule has 34 heavy (non-hydrogen) atoms. The summed E-state index contributed by atoms with van der Waals surface area (Å²) in [6.07, 6.45) is -0.00753. The first kappa shape index (κ1) is 25.2. The molecule has 1 aliphatic rings. The van der Waals surface area contributed by atoms with Gasteiger partial charge in [0.15, 0.2) is 0 Å². The number of carboxylic acids is 1. The molecular formula is C26H32N2O6. The highest BCUT2D eigenvalue weighted by atomic mass is 16.5. The van der Waals surface area contributed by atoms with Crippen molar-refractivity contribution in [2.45, 2.75) is 44.7 Å². The van der Waals surface area contributed by atoms with Crippen molar-refractivity contribution in [1.29, 1.82) is 0 Å². The molecule has 8 heteroatoms. The van der Waals surface area contributed by atoms with E-state index in [0.29, 0.717) is 13.0 Å². The minimum absolute atomic E-state index is 0.0957. The fourth-order valence-corrected chi connectivity index (χ4v) is 4.25. The van der Waals surface area contributed by atoms with Crippen molar-refractivity contribution in [3.05, 3.63) is 59.7 Å². The Bertz CT molecular complexity index is 976. The number of hydrogen-bond acceptors (Lipinski definition) is 5. The largest absolute Gasteiger partial charge is 0.480 e. The SMILES string of the molecule is COCCCC(NC(=O)C(NC(=O)OCC1c2ccccc2-c2ccccc21)C(C)C)C(=O)O. The van der Waals surface area contributed by atoms with Gasteiger partial charge in [0.05, 0.1) is 0 Å². The van der Waals surface area contributed by atoms with Gasteiger partial charge >= 0.3 is 12.1 Å². The monoisotopic (exact) mass is 468 g/mol. The average molecular weight is 469 g/mol. The van der Waals surface area contributed by atoms with Crippen LogP contribution in [0.4, 0.5) is 4.79 Å². The van der Waals surface area contributed by atoms with E-state index in [1.54, 1.807) is 13.8 Å². The first-order valence-electron chi connectivity index (χ1n) is 11.5. The molecule has 2 aromatic rings. The fourth-order valence-electron chi connectivity index (χ4n) is 4.25. The number of carbonyl (C=O) groups is 3. The van der Waals surface area contributed by atoms with E-state index < -0.39 is 30.1 Å². The topological polar surface area (TPSA) is 114 Å². The maximum Gasteiger partial charge on any atom is 0.407 e. The van der Waals surface area contributed by atoms with Crippen molar-refractivity contribution < 1.29 is 29.0 Å². The molecule has 2 amide bonds. The molecule has 0 fully saturated rings. The molecule has 2 atom stereocenters. The molecule has 0 radical (unpaired) electrons. The minimum atomic E-state index is -1.13. The summed E-state index contributed by atoms with van der Waals surface area (Å²) in [6, 6.07) is 14.1. The molecule has 0 saturated heterocycles. The van der Waals surface area contributed by atoms with Gasteiger partial charge in [0, 0.05) is 19.6 Å². The van der Waals surface area contributed by atoms with Crippen molar-refractivity contribution in [2.24, 2.45) is 5.92 Å². The van der Waals surface area contributed by atoms with E-state index >= 15 is 0 Å². The summed E-state index contributed by atoms with van der Waals surface area (Å²) in [6.45, 7) is 4.07. The van der Waals surface area contributed by atoms with Crippen molar-refractivity contribution in [2.75, 3.05) is 20.3 Å². The highest BCUT2D eigenvalue weighted by Crippen LogP contribution is 2.44. The lowest BCUT2D eigenvalue weighted by molar-refractivity contribution is -0.142. The van der Waals surface area contributed by atoms with Crippen LogP contribution in [0.3, 0.4) is 0 Å². The standard InChI is InChI=1S/C26H32N2O6/c1-16(2)23(24(29)27-22(25(30)31)13-8-14-33-3)28-26(32)34-15-21-19-11-6-4-9-17(19)18-10-5-7-12-20(18)21/h4-7,9-12,16,21-23H,8,13-15H2,1-3H3,(H,27,29)(H,28,32)(H,30,31). The van der Waals surface area contributed by atoms with Gasteiger partial charge in [-0.3, -0.25) is 4.79 Å². The average Bonchev–Trinajstić information content (AvgIpc) is 3.14. The van der Waals surface area contributed by atoms with Crippen LogP contribution < -0.4 is 10.6 Å². The normalized spacial score (nSPS) is 14.1. The van der Waals surface area contributed by atoms with Gasteiger partial charge in [0.1, 0.15) is 18.7 Å². The number of amides is 2. The number of methoxy groups -OCH3 is 1. The smallest absolute Gasteiger partial charge is 0.407 e. The van der Waals surface area contributed by atoms with E-state index in [2.05, 4.69) is 22.8 Å². The number of hydrogen-bond donors (Lipinski definition) is 3. The Balaban J connectivity index is 1.62. The number of ether oxygens (including phenoxy) is 2. The quantitative estimate of drug-likeness (QED) is 0.435. The van der Waals surface area contributed by atoms with E-state index in [4.69, 9.17) is 9.47 Å². The van der Waals surface area contributed by atoms with Crippen molar-refractivity contribution in [3.63, 3.8) is 0 Å². The molecule has 0 saturated carbocycles. The van der Waals surface area contributed by atoms with Gasteiger partial charge in [-0.15, -0.1) is 0 Å². The van der Waals surface area contributed by atoms with Gasteiger partial charge in [-0.2, -0.15) is 0 Å². The molecule has 1 aliphatic carbocycles. The second-order valence-electron chi connectivity index (χ2n) is 8.73. The lowest BCUT2D eigenvalue weighted by atomic mass is 9.98. The summed E-state index contributed by atoms with van der Waals surface area (Å²) < 4.78 is 10.5. The van der Waals surface area contributed by atoms with Crippen molar-refractivity contribution in [1.82, 2.24) is 10.6 Å². The number of rotatable bonds is 11. The molecule has 0 heterocycles. The van der Waals surface area contributed by atoms with Gasteiger partial charge in [-0.25, -0.2) is 9.59 Å². The van der Waals surface area contributed by atoms with Gasteiger partial charge in [-0.05, 0) is 41.0 Å². The Morgan fingerprint density at radius 1 is 0.971 bits per heavy atom. The van der Waals surface area contributed by atoms with E-state index in [1.807, 2.05) is 36.4 Å². The predicted octanol–water partition coefficient (Wildman–Crippen LogP) is 3.55. The molecule has 0 aromatic heterocycles. The van der Waals surface area contributed by atoms with Crippen LogP contribution in [0.25, 0.3) is 11.1 Å². The van der Waals surface area contributed by atoms with Gasteiger partial charge in [0.2, 0.25) is 5.91 Å². The maximum atomic E-state index is 12.8. The number of nitrogens with one attached hydrogen (secondary N) is 2. The first-order valence-corrected chi connectivity index (χ1v) is 11.5. The molecule has 8 nitrogen and oxygen atoms in total. The third-order valence-corrected chi connectivity index (χ3v) is 6.02. The van der Waals surface area contributed by atoms with Crippen LogP contribution in [-0.2, 0) is 19.1 Å². The number of carbonyl (C=O) groups excluding carboxylic acids is 2. The lowest BCUT2D eigenvalue weighted by Crippen LogP contribution is -2.53. The molecule has 3 rings (SSSR count). The van der Waals surface area contributed by atoms with Crippen LogP contribution in [0.5, 0.6) is 0 Å². The molecule has 3 N–H and O–H groups in total. The van der Waals surface area contributed by atoms with E-state index in [-0.39, 0.29) is 24.9 Å². The highest BCUT2D eigenvalue weighted by Gasteiger charge is 2.31. The predicted molar refractivity (Wildman–Crippen MR) is 128 cm³/mol. The van der Waals surface area contributed by atoms with Crippen molar-refractivity contribution >= 4 is 18.0 Å². The Labute approximate surface area is 199 Å². The minimum Gasteiger partial charge on any atom is -0.480 e. The zero-order valence-electron chi connectivity index (χ0n) is 19.7. The van der Waals surface area contributed by atoms with Crippen LogP contribution in [0.1, 0.15) is 43.7 Å².